The SMILES string of the molecule is CCNc1c(C#N)cnc2cc(F)ccc12. The Balaban J connectivity index is 2.74. The second-order valence-corrected chi connectivity index (χ2v) is 3.35. The monoisotopic (exact) mass is 215 g/mol. The highest BCUT2D eigenvalue weighted by Gasteiger charge is 2.08. The first-order chi connectivity index (χ1) is 7.76. The smallest absolute Gasteiger partial charge is 0.125 e. The number of hydrogen-bond acceptors (Lipinski definition) is 3. The molecule has 1 heterocycles. The summed E-state index contributed by atoms with van der Waals surface area (Å²) >= 11 is 0. The van der Waals surface area contributed by atoms with E-state index in [0.29, 0.717) is 17.6 Å². The summed E-state index contributed by atoms with van der Waals surface area (Å²) in [5, 5.41) is 12.8. The molecule has 1 N–H and O–H groups in total. The molecule has 0 saturated carbocycles. The molecule has 0 unspecified atom stereocenters. The molecule has 1 aromatic carbocycles. The van der Waals surface area contributed by atoms with E-state index in [0.717, 1.165) is 11.1 Å². The molecule has 4 heteroatoms. The third-order valence-electron chi connectivity index (χ3n) is 2.31. The molecule has 0 saturated heterocycles. The van der Waals surface area contributed by atoms with Crippen LogP contribution < -0.4 is 5.32 Å². The quantitative estimate of drug-likeness (QED) is 0.837. The van der Waals surface area contributed by atoms with Crippen molar-refractivity contribution in [3.63, 3.8) is 0 Å². The summed E-state index contributed by atoms with van der Waals surface area (Å²) in [5.41, 5.74) is 1.74. The molecule has 16 heavy (non-hydrogen) atoms. The van der Waals surface area contributed by atoms with Gasteiger partial charge in [-0.1, -0.05) is 0 Å². The molecule has 3 nitrogen and oxygen atoms in total. The van der Waals surface area contributed by atoms with E-state index in [1.54, 1.807) is 6.07 Å². The van der Waals surface area contributed by atoms with Gasteiger partial charge >= 0.3 is 0 Å². The fourth-order valence-corrected chi connectivity index (χ4v) is 1.62. The minimum Gasteiger partial charge on any atom is -0.384 e. The summed E-state index contributed by atoms with van der Waals surface area (Å²) in [6.07, 6.45) is 1.46. The van der Waals surface area contributed by atoms with Gasteiger partial charge in [-0.2, -0.15) is 5.26 Å². The number of nitriles is 1. The van der Waals surface area contributed by atoms with Gasteiger partial charge in [0, 0.05) is 24.2 Å². The van der Waals surface area contributed by atoms with Crippen molar-refractivity contribution < 1.29 is 4.39 Å². The Morgan fingerprint density at radius 3 is 3.00 bits per heavy atom. The molecule has 0 bridgehead atoms. The van der Waals surface area contributed by atoms with Crippen LogP contribution in [0, 0.1) is 17.1 Å². The highest BCUT2D eigenvalue weighted by molar-refractivity contribution is 5.93. The van der Waals surface area contributed by atoms with Crippen molar-refractivity contribution in [1.29, 1.82) is 5.26 Å². The zero-order valence-electron chi connectivity index (χ0n) is 8.79. The van der Waals surface area contributed by atoms with Crippen LogP contribution in [0.3, 0.4) is 0 Å². The van der Waals surface area contributed by atoms with Crippen LogP contribution in [0.4, 0.5) is 10.1 Å². The number of anilines is 1. The summed E-state index contributed by atoms with van der Waals surface area (Å²) in [4.78, 5) is 4.05. The predicted octanol–water partition coefficient (Wildman–Crippen LogP) is 2.68. The van der Waals surface area contributed by atoms with Crippen LogP contribution in [-0.2, 0) is 0 Å². The molecule has 0 atom stereocenters. The highest BCUT2D eigenvalue weighted by Crippen LogP contribution is 2.25. The fraction of sp³-hybridized carbons (Fsp3) is 0.167. The van der Waals surface area contributed by atoms with Gasteiger partial charge < -0.3 is 5.32 Å². The van der Waals surface area contributed by atoms with Gasteiger partial charge in [0.1, 0.15) is 11.9 Å². The molecule has 0 spiro atoms. The standard InChI is InChI=1S/C12H10FN3/c1-2-15-12-8(6-14)7-16-11-5-9(13)3-4-10(11)12/h3-5,7H,2H2,1H3,(H,15,16). The van der Waals surface area contributed by atoms with E-state index in [1.165, 1.54) is 18.3 Å². The number of nitrogens with zero attached hydrogens (tertiary/aromatic N) is 2. The van der Waals surface area contributed by atoms with Crippen LogP contribution in [0.5, 0.6) is 0 Å². The average molecular weight is 215 g/mol. The van der Waals surface area contributed by atoms with E-state index >= 15 is 0 Å². The van der Waals surface area contributed by atoms with Crippen LogP contribution in [0.15, 0.2) is 24.4 Å². The van der Waals surface area contributed by atoms with Crippen LogP contribution >= 0.6 is 0 Å². The van der Waals surface area contributed by atoms with Gasteiger partial charge in [-0.25, -0.2) is 4.39 Å². The summed E-state index contributed by atoms with van der Waals surface area (Å²) in [6, 6.07) is 6.43. The van der Waals surface area contributed by atoms with E-state index in [4.69, 9.17) is 5.26 Å². The molecular formula is C12H10FN3. The maximum atomic E-state index is 13.0. The molecule has 80 valence electrons. The Morgan fingerprint density at radius 2 is 2.31 bits per heavy atom. The zero-order valence-corrected chi connectivity index (χ0v) is 8.79. The van der Waals surface area contributed by atoms with Crippen molar-refractivity contribution >= 4 is 16.6 Å². The summed E-state index contributed by atoms with van der Waals surface area (Å²) < 4.78 is 13.0. The summed E-state index contributed by atoms with van der Waals surface area (Å²) in [6.45, 7) is 2.64. The highest BCUT2D eigenvalue weighted by atomic mass is 19.1. The molecule has 0 aliphatic rings. The van der Waals surface area contributed by atoms with E-state index in [2.05, 4.69) is 16.4 Å². The second-order valence-electron chi connectivity index (χ2n) is 3.35. The van der Waals surface area contributed by atoms with Crippen LogP contribution in [0.1, 0.15) is 12.5 Å². The van der Waals surface area contributed by atoms with Gasteiger partial charge in [0.25, 0.3) is 0 Å². The lowest BCUT2D eigenvalue weighted by atomic mass is 10.1. The van der Waals surface area contributed by atoms with Gasteiger partial charge in [0.15, 0.2) is 0 Å². The number of nitrogens with one attached hydrogen (secondary N) is 1. The molecule has 0 aliphatic carbocycles. The van der Waals surface area contributed by atoms with Crippen molar-refractivity contribution in [3.8, 4) is 6.07 Å². The topological polar surface area (TPSA) is 48.7 Å². The first-order valence-corrected chi connectivity index (χ1v) is 4.98. The minimum absolute atomic E-state index is 0.327. The second kappa shape index (κ2) is 4.15. The first-order valence-electron chi connectivity index (χ1n) is 4.98. The number of benzene rings is 1. The Bertz CT molecular complexity index is 572. The lowest BCUT2D eigenvalue weighted by molar-refractivity contribution is 0.629. The largest absolute Gasteiger partial charge is 0.384 e. The maximum Gasteiger partial charge on any atom is 0.125 e. The molecule has 2 aromatic rings. The Kier molecular flexibility index (Phi) is 2.69. The molecule has 2 rings (SSSR count). The number of hydrogen-bond donors (Lipinski definition) is 1. The first kappa shape index (κ1) is 10.4. The summed E-state index contributed by atoms with van der Waals surface area (Å²) in [7, 11) is 0. The number of halogens is 1. The predicted molar refractivity (Wildman–Crippen MR) is 60.6 cm³/mol. The molecule has 0 fully saturated rings. The third kappa shape index (κ3) is 1.68. The molecule has 0 radical (unpaired) electrons. The Hall–Kier alpha value is -2.15. The van der Waals surface area contributed by atoms with Gasteiger partial charge in [-0.3, -0.25) is 4.98 Å². The van der Waals surface area contributed by atoms with Crippen molar-refractivity contribution in [1.82, 2.24) is 4.98 Å². The van der Waals surface area contributed by atoms with Crippen LogP contribution in [0.25, 0.3) is 10.9 Å². The number of fused-ring (bicyclic) bond motifs is 1. The number of rotatable bonds is 2. The van der Waals surface area contributed by atoms with E-state index in [1.807, 2.05) is 6.92 Å². The zero-order chi connectivity index (χ0) is 11.5. The van der Waals surface area contributed by atoms with Gasteiger partial charge in [0.2, 0.25) is 0 Å². The van der Waals surface area contributed by atoms with Crippen molar-refractivity contribution in [2.45, 2.75) is 6.92 Å². The van der Waals surface area contributed by atoms with E-state index < -0.39 is 0 Å². The van der Waals surface area contributed by atoms with Gasteiger partial charge in [-0.05, 0) is 19.1 Å². The number of pyridine rings is 1. The molecular weight excluding hydrogens is 205 g/mol. The maximum absolute atomic E-state index is 13.0. The lowest BCUT2D eigenvalue weighted by Gasteiger charge is -2.09. The molecule has 1 aromatic heterocycles. The fourth-order valence-electron chi connectivity index (χ4n) is 1.62. The van der Waals surface area contributed by atoms with Gasteiger partial charge in [-0.15, -0.1) is 0 Å². The van der Waals surface area contributed by atoms with E-state index in [-0.39, 0.29) is 5.82 Å². The molecule has 0 aliphatic heterocycles. The minimum atomic E-state index is -0.327. The van der Waals surface area contributed by atoms with Crippen LogP contribution in [0.2, 0.25) is 0 Å². The lowest BCUT2D eigenvalue weighted by Crippen LogP contribution is -2.01. The number of aromatic nitrogens is 1. The normalized spacial score (nSPS) is 10.1. The molecule has 0 amide bonds. The third-order valence-corrected chi connectivity index (χ3v) is 2.31. The van der Waals surface area contributed by atoms with Crippen molar-refractivity contribution in [3.05, 3.63) is 35.8 Å². The van der Waals surface area contributed by atoms with Crippen LogP contribution in [-0.4, -0.2) is 11.5 Å². The summed E-state index contributed by atoms with van der Waals surface area (Å²) in [5.74, 6) is -0.327. The Labute approximate surface area is 92.5 Å². The van der Waals surface area contributed by atoms with Crippen molar-refractivity contribution in [2.24, 2.45) is 0 Å². The van der Waals surface area contributed by atoms with Crippen molar-refractivity contribution in [2.75, 3.05) is 11.9 Å². The average Bonchev–Trinajstić information content (AvgIpc) is 2.29. The Morgan fingerprint density at radius 1 is 1.50 bits per heavy atom. The van der Waals surface area contributed by atoms with Gasteiger partial charge in [0.05, 0.1) is 16.8 Å². The van der Waals surface area contributed by atoms with E-state index in [9.17, 15) is 4.39 Å².